The standard InChI is InChI=1S/C22H22N2OS/c1-14-4-9-19-20(10-14)26-21(24-19)15-5-7-16(8-6-15)23-17-11-18(25)13-22(2,3)12-17/h4-10,12,23H,11,13H2,1-3H3. The summed E-state index contributed by atoms with van der Waals surface area (Å²) in [4.78, 5) is 16.7. The number of nitrogens with zero attached hydrogens (tertiary/aromatic N) is 1. The number of allylic oxidation sites excluding steroid dienone is 2. The molecular formula is C22H22N2OS. The fraction of sp³-hybridized carbons (Fsp3) is 0.273. The van der Waals surface area contributed by atoms with E-state index in [0.29, 0.717) is 18.6 Å². The van der Waals surface area contributed by atoms with Crippen LogP contribution in [0.25, 0.3) is 20.8 Å². The van der Waals surface area contributed by atoms with Crippen LogP contribution in [0, 0.1) is 12.3 Å². The van der Waals surface area contributed by atoms with E-state index in [0.717, 1.165) is 27.5 Å². The predicted octanol–water partition coefficient (Wildman–Crippen LogP) is 5.96. The van der Waals surface area contributed by atoms with Crippen molar-refractivity contribution in [1.82, 2.24) is 4.98 Å². The third-order valence-electron chi connectivity index (χ3n) is 4.59. The Kier molecular flexibility index (Phi) is 4.16. The maximum absolute atomic E-state index is 11.9. The summed E-state index contributed by atoms with van der Waals surface area (Å²) in [5.74, 6) is 0.293. The Balaban J connectivity index is 1.56. The molecule has 1 aliphatic carbocycles. The number of benzene rings is 2. The quantitative estimate of drug-likeness (QED) is 0.625. The molecule has 0 unspecified atom stereocenters. The lowest BCUT2D eigenvalue weighted by Crippen LogP contribution is -2.23. The van der Waals surface area contributed by atoms with Crippen LogP contribution in [-0.4, -0.2) is 10.8 Å². The summed E-state index contributed by atoms with van der Waals surface area (Å²) < 4.78 is 1.22. The summed E-state index contributed by atoms with van der Waals surface area (Å²) >= 11 is 1.72. The van der Waals surface area contributed by atoms with Gasteiger partial charge in [0.15, 0.2) is 0 Å². The van der Waals surface area contributed by atoms with E-state index in [2.05, 4.69) is 74.6 Å². The average molecular weight is 362 g/mol. The molecule has 132 valence electrons. The van der Waals surface area contributed by atoms with Gasteiger partial charge in [0.05, 0.1) is 10.2 Å². The Morgan fingerprint density at radius 3 is 2.62 bits per heavy atom. The first kappa shape index (κ1) is 17.0. The first-order valence-corrected chi connectivity index (χ1v) is 9.68. The summed E-state index contributed by atoms with van der Waals surface area (Å²) in [7, 11) is 0. The van der Waals surface area contributed by atoms with Gasteiger partial charge in [0.2, 0.25) is 0 Å². The lowest BCUT2D eigenvalue weighted by molar-refractivity contribution is -0.120. The normalized spacial score (nSPS) is 16.6. The number of aromatic nitrogens is 1. The fourth-order valence-corrected chi connectivity index (χ4v) is 4.54. The molecule has 0 aliphatic heterocycles. The molecule has 1 heterocycles. The summed E-state index contributed by atoms with van der Waals surface area (Å²) in [5, 5.41) is 4.44. The number of carbonyl (C=O) groups is 1. The largest absolute Gasteiger partial charge is 0.359 e. The van der Waals surface area contributed by atoms with Crippen molar-refractivity contribution in [3.8, 4) is 10.6 Å². The van der Waals surface area contributed by atoms with Gasteiger partial charge in [0, 0.05) is 29.8 Å². The molecular weight excluding hydrogens is 340 g/mol. The summed E-state index contributed by atoms with van der Waals surface area (Å²) in [5.41, 5.74) is 5.34. The zero-order valence-electron chi connectivity index (χ0n) is 15.3. The first-order chi connectivity index (χ1) is 12.4. The second-order valence-corrected chi connectivity index (χ2v) is 8.77. The van der Waals surface area contributed by atoms with Crippen molar-refractivity contribution >= 4 is 33.0 Å². The number of fused-ring (bicyclic) bond motifs is 1. The number of Topliss-reactive ketones (excluding diaryl/α,β-unsaturated/α-hetero) is 1. The van der Waals surface area contributed by atoms with Crippen molar-refractivity contribution in [2.45, 2.75) is 33.6 Å². The first-order valence-electron chi connectivity index (χ1n) is 8.86. The van der Waals surface area contributed by atoms with E-state index < -0.39 is 0 Å². The van der Waals surface area contributed by atoms with Gasteiger partial charge in [-0.3, -0.25) is 4.79 Å². The van der Waals surface area contributed by atoms with Crippen LogP contribution in [0.1, 0.15) is 32.3 Å². The second-order valence-electron chi connectivity index (χ2n) is 7.74. The molecule has 0 amide bonds. The van der Waals surface area contributed by atoms with Gasteiger partial charge in [-0.05, 0) is 54.3 Å². The van der Waals surface area contributed by atoms with Crippen LogP contribution in [0.15, 0.2) is 54.2 Å². The number of ketones is 1. The van der Waals surface area contributed by atoms with Crippen molar-refractivity contribution in [3.05, 3.63) is 59.8 Å². The third kappa shape index (κ3) is 3.56. The van der Waals surface area contributed by atoms with Crippen LogP contribution in [0.4, 0.5) is 5.69 Å². The molecule has 0 radical (unpaired) electrons. The number of hydrogen-bond acceptors (Lipinski definition) is 4. The molecule has 0 atom stereocenters. The fourth-order valence-electron chi connectivity index (χ4n) is 3.47. The van der Waals surface area contributed by atoms with E-state index in [1.807, 2.05) is 0 Å². The highest BCUT2D eigenvalue weighted by Crippen LogP contribution is 2.33. The van der Waals surface area contributed by atoms with Crippen molar-refractivity contribution in [1.29, 1.82) is 0 Å². The van der Waals surface area contributed by atoms with E-state index in [1.165, 1.54) is 10.3 Å². The molecule has 3 nitrogen and oxygen atoms in total. The van der Waals surface area contributed by atoms with E-state index >= 15 is 0 Å². The van der Waals surface area contributed by atoms with E-state index in [1.54, 1.807) is 11.3 Å². The van der Waals surface area contributed by atoms with Crippen LogP contribution in [0.2, 0.25) is 0 Å². The molecule has 4 rings (SSSR count). The SMILES string of the molecule is Cc1ccc2nc(-c3ccc(NC4=CC(C)(C)CC(=O)C4)cc3)sc2c1. The van der Waals surface area contributed by atoms with Crippen molar-refractivity contribution < 1.29 is 4.79 Å². The lowest BCUT2D eigenvalue weighted by Gasteiger charge is -2.27. The number of anilines is 1. The number of hydrogen-bond donors (Lipinski definition) is 1. The molecule has 0 spiro atoms. The summed E-state index contributed by atoms with van der Waals surface area (Å²) in [6.07, 6.45) is 3.29. The van der Waals surface area contributed by atoms with Gasteiger partial charge in [-0.15, -0.1) is 11.3 Å². The van der Waals surface area contributed by atoms with Crippen molar-refractivity contribution in [3.63, 3.8) is 0 Å². The van der Waals surface area contributed by atoms with Gasteiger partial charge in [-0.1, -0.05) is 26.0 Å². The molecule has 0 fully saturated rings. The maximum atomic E-state index is 11.9. The van der Waals surface area contributed by atoms with Gasteiger partial charge in [-0.25, -0.2) is 4.98 Å². The zero-order chi connectivity index (χ0) is 18.3. The molecule has 0 bridgehead atoms. The highest BCUT2D eigenvalue weighted by Gasteiger charge is 2.26. The Morgan fingerprint density at radius 1 is 1.12 bits per heavy atom. The van der Waals surface area contributed by atoms with Crippen LogP contribution in [-0.2, 0) is 4.79 Å². The Hall–Kier alpha value is -2.46. The third-order valence-corrected chi connectivity index (χ3v) is 5.65. The van der Waals surface area contributed by atoms with Gasteiger partial charge in [0.1, 0.15) is 10.8 Å². The molecule has 2 aromatic carbocycles. The molecule has 4 heteroatoms. The molecule has 0 saturated heterocycles. The number of carbonyl (C=O) groups excluding carboxylic acids is 1. The number of rotatable bonds is 3. The highest BCUT2D eigenvalue weighted by atomic mass is 32.1. The van der Waals surface area contributed by atoms with Crippen molar-refractivity contribution in [2.24, 2.45) is 5.41 Å². The van der Waals surface area contributed by atoms with E-state index in [-0.39, 0.29) is 5.41 Å². The number of nitrogens with one attached hydrogen (secondary N) is 1. The minimum Gasteiger partial charge on any atom is -0.359 e. The monoisotopic (exact) mass is 362 g/mol. The van der Waals surface area contributed by atoms with Gasteiger partial charge in [0.25, 0.3) is 0 Å². The molecule has 0 saturated carbocycles. The molecule has 3 aromatic rings. The zero-order valence-corrected chi connectivity index (χ0v) is 16.1. The minimum absolute atomic E-state index is 0.0727. The van der Waals surface area contributed by atoms with Crippen LogP contribution >= 0.6 is 11.3 Å². The van der Waals surface area contributed by atoms with Crippen molar-refractivity contribution in [2.75, 3.05) is 5.32 Å². The second kappa shape index (κ2) is 6.36. The highest BCUT2D eigenvalue weighted by molar-refractivity contribution is 7.21. The lowest BCUT2D eigenvalue weighted by atomic mass is 9.81. The Morgan fingerprint density at radius 2 is 1.88 bits per heavy atom. The van der Waals surface area contributed by atoms with E-state index in [9.17, 15) is 4.79 Å². The summed E-state index contributed by atoms with van der Waals surface area (Å²) in [6, 6.07) is 14.6. The van der Waals surface area contributed by atoms with Crippen LogP contribution in [0.3, 0.4) is 0 Å². The smallest absolute Gasteiger partial charge is 0.139 e. The average Bonchev–Trinajstić information content (AvgIpc) is 2.96. The van der Waals surface area contributed by atoms with Crippen LogP contribution in [0.5, 0.6) is 0 Å². The number of aryl methyl sites for hydroxylation is 1. The van der Waals surface area contributed by atoms with E-state index in [4.69, 9.17) is 4.98 Å². The Bertz CT molecular complexity index is 1010. The van der Waals surface area contributed by atoms with Gasteiger partial charge in [-0.2, -0.15) is 0 Å². The van der Waals surface area contributed by atoms with Crippen LogP contribution < -0.4 is 5.32 Å². The summed E-state index contributed by atoms with van der Waals surface area (Å²) in [6.45, 7) is 6.30. The number of thiazole rings is 1. The maximum Gasteiger partial charge on any atom is 0.139 e. The topological polar surface area (TPSA) is 42.0 Å². The predicted molar refractivity (Wildman–Crippen MR) is 110 cm³/mol. The molecule has 1 N–H and O–H groups in total. The molecule has 1 aromatic heterocycles. The Labute approximate surface area is 157 Å². The molecule has 1 aliphatic rings. The van der Waals surface area contributed by atoms with Gasteiger partial charge < -0.3 is 5.32 Å². The minimum atomic E-state index is -0.0727. The molecule has 26 heavy (non-hydrogen) atoms. The van der Waals surface area contributed by atoms with Gasteiger partial charge >= 0.3 is 0 Å².